The van der Waals surface area contributed by atoms with E-state index in [0.29, 0.717) is 5.25 Å². The van der Waals surface area contributed by atoms with Crippen molar-refractivity contribution in [3.8, 4) is 0 Å². The van der Waals surface area contributed by atoms with Crippen molar-refractivity contribution in [1.82, 2.24) is 0 Å². The molecule has 0 amide bonds. The molecule has 7 heavy (non-hydrogen) atoms. The van der Waals surface area contributed by atoms with Gasteiger partial charge in [0.25, 0.3) is 0 Å². The molecule has 0 aliphatic heterocycles. The highest BCUT2D eigenvalue weighted by molar-refractivity contribution is 7.80. The van der Waals surface area contributed by atoms with Gasteiger partial charge in [0.15, 0.2) is 0 Å². The predicted molar refractivity (Wildman–Crippen MR) is 36.5 cm³/mol. The first kappa shape index (κ1) is 7.35. The molecule has 0 N–H and O–H groups in total. The lowest BCUT2D eigenvalue weighted by Gasteiger charge is -2.08. The summed E-state index contributed by atoms with van der Waals surface area (Å²) in [5, 5.41) is 0.449. The van der Waals surface area contributed by atoms with Crippen LogP contribution in [0.1, 0.15) is 27.2 Å². The van der Waals surface area contributed by atoms with Crippen LogP contribution >= 0.6 is 12.6 Å². The molecule has 0 nitrogen and oxygen atoms in total. The van der Waals surface area contributed by atoms with E-state index in [0.717, 1.165) is 5.92 Å². The summed E-state index contributed by atoms with van der Waals surface area (Å²) in [6.45, 7) is 6.45. The van der Waals surface area contributed by atoms with Gasteiger partial charge in [-0.3, -0.25) is 0 Å². The van der Waals surface area contributed by atoms with E-state index < -0.39 is 0 Å². The summed E-state index contributed by atoms with van der Waals surface area (Å²) in [5.74, 6) is 0.718. The van der Waals surface area contributed by atoms with E-state index in [1.54, 1.807) is 0 Å². The van der Waals surface area contributed by atoms with Gasteiger partial charge in [0.2, 0.25) is 0 Å². The summed E-state index contributed by atoms with van der Waals surface area (Å²) in [6.07, 6.45) is 1.21. The highest BCUT2D eigenvalue weighted by Gasteiger charge is 2.03. The SMILES string of the molecule is CCC(C)C(C)[S]. The first-order valence-corrected chi connectivity index (χ1v) is 3.31. The molecule has 2 atom stereocenters. The smallest absolute Gasteiger partial charge is 0.0148 e. The van der Waals surface area contributed by atoms with Crippen molar-refractivity contribution in [2.75, 3.05) is 0 Å². The molecule has 0 fully saturated rings. The van der Waals surface area contributed by atoms with Gasteiger partial charge in [-0.05, 0) is 5.92 Å². The van der Waals surface area contributed by atoms with Crippen LogP contribution in [0.25, 0.3) is 0 Å². The van der Waals surface area contributed by atoms with Crippen molar-refractivity contribution in [1.29, 1.82) is 0 Å². The third kappa shape index (κ3) is 2.98. The Morgan fingerprint density at radius 2 is 1.86 bits per heavy atom. The third-order valence-electron chi connectivity index (χ3n) is 1.45. The Labute approximate surface area is 51.7 Å². The standard InChI is InChI=1S/C6H13S/c1-4-5(2)6(3)7/h5-6H,4H2,1-3H3. The van der Waals surface area contributed by atoms with Crippen LogP contribution in [-0.2, 0) is 0 Å². The predicted octanol–water partition coefficient (Wildman–Crippen LogP) is 2.62. The van der Waals surface area contributed by atoms with Crippen LogP contribution in [0.15, 0.2) is 0 Å². The van der Waals surface area contributed by atoms with E-state index in [1.807, 2.05) is 0 Å². The molecular weight excluding hydrogens is 104 g/mol. The van der Waals surface area contributed by atoms with E-state index in [-0.39, 0.29) is 0 Å². The Morgan fingerprint density at radius 3 is 1.86 bits per heavy atom. The molecule has 43 valence electrons. The molecule has 0 aliphatic carbocycles. The van der Waals surface area contributed by atoms with Gasteiger partial charge in [-0.1, -0.05) is 39.8 Å². The first-order chi connectivity index (χ1) is 3.18. The van der Waals surface area contributed by atoms with Crippen molar-refractivity contribution in [3.05, 3.63) is 0 Å². The number of rotatable bonds is 2. The Bertz CT molecular complexity index is 41.4. The molecule has 1 heteroatoms. The topological polar surface area (TPSA) is 0 Å². The Balaban J connectivity index is 3.14. The molecule has 0 bridgehead atoms. The van der Waals surface area contributed by atoms with Crippen molar-refractivity contribution < 1.29 is 0 Å². The summed E-state index contributed by atoms with van der Waals surface area (Å²) < 4.78 is 0. The van der Waals surface area contributed by atoms with Gasteiger partial charge >= 0.3 is 0 Å². The molecule has 2 unspecified atom stereocenters. The van der Waals surface area contributed by atoms with Gasteiger partial charge in [-0.2, -0.15) is 0 Å². The highest BCUT2D eigenvalue weighted by atomic mass is 32.1. The zero-order valence-corrected chi connectivity index (χ0v) is 6.09. The van der Waals surface area contributed by atoms with Gasteiger partial charge in [-0.15, -0.1) is 0 Å². The Hall–Kier alpha value is 0.350. The molecule has 0 saturated carbocycles. The van der Waals surface area contributed by atoms with Gasteiger partial charge in [0.05, 0.1) is 0 Å². The molecule has 0 spiro atoms. The van der Waals surface area contributed by atoms with Crippen LogP contribution in [0, 0.1) is 5.92 Å². The quantitative estimate of drug-likeness (QED) is 0.521. The molecule has 0 heterocycles. The van der Waals surface area contributed by atoms with Crippen LogP contribution in [0.2, 0.25) is 0 Å². The van der Waals surface area contributed by atoms with Gasteiger partial charge in [0.1, 0.15) is 0 Å². The fraction of sp³-hybridized carbons (Fsp3) is 1.00. The van der Waals surface area contributed by atoms with Crippen LogP contribution < -0.4 is 0 Å². The average Bonchev–Trinajstić information content (AvgIpc) is 1.65. The van der Waals surface area contributed by atoms with Crippen LogP contribution in [-0.4, -0.2) is 5.25 Å². The summed E-state index contributed by atoms with van der Waals surface area (Å²) in [7, 11) is 0. The minimum absolute atomic E-state index is 0.449. The zero-order valence-electron chi connectivity index (χ0n) is 5.27. The maximum Gasteiger partial charge on any atom is 0.0148 e. The first-order valence-electron chi connectivity index (χ1n) is 2.84. The third-order valence-corrected chi connectivity index (χ3v) is 1.91. The van der Waals surface area contributed by atoms with Gasteiger partial charge < -0.3 is 0 Å². The molecule has 0 aliphatic rings. The number of hydrogen-bond acceptors (Lipinski definition) is 0. The highest BCUT2D eigenvalue weighted by Crippen LogP contribution is 2.11. The molecule has 0 rings (SSSR count). The summed E-state index contributed by atoms with van der Waals surface area (Å²) >= 11 is 5.00. The maximum atomic E-state index is 5.00. The normalized spacial score (nSPS) is 18.9. The van der Waals surface area contributed by atoms with Crippen molar-refractivity contribution in [2.24, 2.45) is 5.92 Å². The fourth-order valence-electron chi connectivity index (χ4n) is 0.332. The minimum Gasteiger partial charge on any atom is -0.0905 e. The van der Waals surface area contributed by atoms with E-state index in [4.69, 9.17) is 12.6 Å². The minimum atomic E-state index is 0.449. The van der Waals surface area contributed by atoms with Gasteiger partial charge in [0, 0.05) is 5.25 Å². The van der Waals surface area contributed by atoms with E-state index in [9.17, 15) is 0 Å². The second-order valence-corrected chi connectivity index (χ2v) is 2.83. The summed E-state index contributed by atoms with van der Waals surface area (Å²) in [5.41, 5.74) is 0. The largest absolute Gasteiger partial charge is 0.0905 e. The average molecular weight is 117 g/mol. The lowest BCUT2D eigenvalue weighted by Crippen LogP contribution is -2.04. The summed E-state index contributed by atoms with van der Waals surface area (Å²) in [6, 6.07) is 0. The Kier molecular flexibility index (Phi) is 3.53. The monoisotopic (exact) mass is 117 g/mol. The van der Waals surface area contributed by atoms with Crippen molar-refractivity contribution >= 4 is 12.6 Å². The van der Waals surface area contributed by atoms with E-state index in [1.165, 1.54) is 6.42 Å². The second-order valence-electron chi connectivity index (χ2n) is 2.09. The maximum absolute atomic E-state index is 5.00. The molecule has 0 aromatic carbocycles. The van der Waals surface area contributed by atoms with Crippen LogP contribution in [0.3, 0.4) is 0 Å². The summed E-state index contributed by atoms with van der Waals surface area (Å²) in [4.78, 5) is 0. The van der Waals surface area contributed by atoms with Crippen molar-refractivity contribution in [2.45, 2.75) is 32.4 Å². The molecular formula is C6H13S. The van der Waals surface area contributed by atoms with Gasteiger partial charge in [-0.25, -0.2) is 0 Å². The number of hydrogen-bond donors (Lipinski definition) is 0. The van der Waals surface area contributed by atoms with E-state index in [2.05, 4.69) is 20.8 Å². The Morgan fingerprint density at radius 1 is 1.43 bits per heavy atom. The van der Waals surface area contributed by atoms with Crippen LogP contribution in [0.5, 0.6) is 0 Å². The second kappa shape index (κ2) is 3.36. The van der Waals surface area contributed by atoms with E-state index >= 15 is 0 Å². The fourth-order valence-corrected chi connectivity index (χ4v) is 0.524. The molecule has 1 radical (unpaired) electrons. The lowest BCUT2D eigenvalue weighted by molar-refractivity contribution is 0.560. The lowest BCUT2D eigenvalue weighted by atomic mass is 10.1. The molecule has 0 aromatic rings. The molecule has 0 aromatic heterocycles. The van der Waals surface area contributed by atoms with Crippen LogP contribution in [0.4, 0.5) is 0 Å². The molecule has 0 saturated heterocycles. The zero-order chi connectivity index (χ0) is 5.86. The van der Waals surface area contributed by atoms with Crippen molar-refractivity contribution in [3.63, 3.8) is 0 Å².